The molecular formula is C23H29ClN2O4. The Morgan fingerprint density at radius 3 is 2.13 bits per heavy atom. The Kier molecular flexibility index (Phi) is 10.1. The molecule has 2 aromatic carbocycles. The number of nitrogens with two attached hydrogens (primary N) is 1. The molecule has 0 fully saturated rings. The third-order valence-corrected chi connectivity index (χ3v) is 3.97. The molecule has 162 valence electrons. The van der Waals surface area contributed by atoms with Gasteiger partial charge in [-0.15, -0.1) is 0 Å². The van der Waals surface area contributed by atoms with Crippen LogP contribution in [0.25, 0.3) is 0 Å². The van der Waals surface area contributed by atoms with Crippen LogP contribution in [0.1, 0.15) is 56.5 Å². The molecule has 0 spiro atoms. The molecule has 0 aromatic heterocycles. The number of carbonyl (C=O) groups excluding carboxylic acids is 3. The lowest BCUT2D eigenvalue weighted by atomic mass is 10.0. The van der Waals surface area contributed by atoms with Crippen molar-refractivity contribution in [3.05, 3.63) is 70.7 Å². The molecule has 30 heavy (non-hydrogen) atoms. The summed E-state index contributed by atoms with van der Waals surface area (Å²) in [4.78, 5) is 34.2. The minimum atomic E-state index is -0.648. The predicted molar refractivity (Wildman–Crippen MR) is 119 cm³/mol. The second-order valence-electron chi connectivity index (χ2n) is 7.60. The summed E-state index contributed by atoms with van der Waals surface area (Å²) in [5.41, 5.74) is 5.85. The molecule has 0 aliphatic carbocycles. The highest BCUT2D eigenvalue weighted by Gasteiger charge is 2.21. The van der Waals surface area contributed by atoms with Crippen LogP contribution < -0.4 is 11.1 Å². The Bertz CT molecular complexity index is 848. The second kappa shape index (κ2) is 12.0. The summed E-state index contributed by atoms with van der Waals surface area (Å²) >= 11 is 5.82. The Hall–Kier alpha value is -2.86. The highest BCUT2D eigenvalue weighted by atomic mass is 35.5. The zero-order chi connectivity index (χ0) is 22.7. The fourth-order valence-corrected chi connectivity index (χ4v) is 2.60. The number of ketones is 1. The number of carbonyl (C=O) groups is 3. The highest BCUT2D eigenvalue weighted by Crippen LogP contribution is 2.14. The molecule has 2 rings (SSSR count). The molecule has 0 aliphatic heterocycles. The molecule has 6 nitrogen and oxygen atoms in total. The smallest absolute Gasteiger partial charge is 0.408 e. The van der Waals surface area contributed by atoms with Crippen molar-refractivity contribution in [1.29, 1.82) is 0 Å². The van der Waals surface area contributed by atoms with E-state index in [9.17, 15) is 14.4 Å². The zero-order valence-electron chi connectivity index (χ0n) is 17.8. The summed E-state index contributed by atoms with van der Waals surface area (Å²) in [7, 11) is 0. The number of alkyl carbamates (subject to hydrolysis) is 1. The average molecular weight is 433 g/mol. The maximum atomic E-state index is 11.9. The molecule has 0 bridgehead atoms. The van der Waals surface area contributed by atoms with Gasteiger partial charge in [-0.25, -0.2) is 4.79 Å². The molecule has 0 saturated carbocycles. The van der Waals surface area contributed by atoms with Gasteiger partial charge in [0.15, 0.2) is 5.78 Å². The number of nitrogens with one attached hydrogen (secondary N) is 1. The third-order valence-electron chi connectivity index (χ3n) is 3.73. The van der Waals surface area contributed by atoms with Crippen molar-refractivity contribution >= 4 is 29.4 Å². The Morgan fingerprint density at radius 1 is 1.03 bits per heavy atom. The first-order chi connectivity index (χ1) is 14.0. The Balaban J connectivity index is 0.000000300. The Labute approximate surface area is 182 Å². The summed E-state index contributed by atoms with van der Waals surface area (Å²) in [5, 5.41) is 3.02. The van der Waals surface area contributed by atoms with E-state index < -0.39 is 23.6 Å². The van der Waals surface area contributed by atoms with Crippen molar-refractivity contribution in [1.82, 2.24) is 5.32 Å². The number of rotatable bonds is 6. The maximum Gasteiger partial charge on any atom is 0.408 e. The third kappa shape index (κ3) is 9.56. The van der Waals surface area contributed by atoms with Gasteiger partial charge in [0.25, 0.3) is 0 Å². The number of amides is 2. The van der Waals surface area contributed by atoms with Crippen molar-refractivity contribution in [2.24, 2.45) is 5.73 Å². The first kappa shape index (κ1) is 25.2. The van der Waals surface area contributed by atoms with Gasteiger partial charge in [0.2, 0.25) is 5.91 Å². The van der Waals surface area contributed by atoms with Crippen LogP contribution in [0.5, 0.6) is 0 Å². The van der Waals surface area contributed by atoms with Crippen LogP contribution in [-0.2, 0) is 9.53 Å². The van der Waals surface area contributed by atoms with E-state index in [1.165, 1.54) is 0 Å². The molecule has 0 radical (unpaired) electrons. The zero-order valence-corrected chi connectivity index (χ0v) is 18.5. The van der Waals surface area contributed by atoms with Crippen LogP contribution in [0.4, 0.5) is 4.79 Å². The fourth-order valence-electron chi connectivity index (χ4n) is 2.41. The van der Waals surface area contributed by atoms with E-state index >= 15 is 0 Å². The molecule has 0 heterocycles. The number of hydrogen-bond acceptors (Lipinski definition) is 4. The van der Waals surface area contributed by atoms with E-state index in [4.69, 9.17) is 22.1 Å². The lowest BCUT2D eigenvalue weighted by molar-refractivity contribution is -0.120. The molecule has 0 unspecified atom stereocenters. The first-order valence-electron chi connectivity index (χ1n) is 9.67. The van der Waals surface area contributed by atoms with Crippen LogP contribution in [0, 0.1) is 0 Å². The van der Waals surface area contributed by atoms with Crippen LogP contribution in [0.15, 0.2) is 54.6 Å². The summed E-state index contributed by atoms with van der Waals surface area (Å²) in [6.45, 7) is 7.18. The quantitative estimate of drug-likeness (QED) is 0.644. The molecule has 7 heteroatoms. The first-order valence-corrected chi connectivity index (χ1v) is 10.1. The molecule has 2 amide bonds. The summed E-state index contributed by atoms with van der Waals surface area (Å²) in [5.74, 6) is -0.541. The SMILES string of the molecule is CCC[C@H](NC(=O)OC(C)(C)C)C(N)=O.O=C(c1ccccc1)c1cccc(Cl)c1. The van der Waals surface area contributed by atoms with Crippen molar-refractivity contribution < 1.29 is 19.1 Å². The summed E-state index contributed by atoms with van der Waals surface area (Å²) < 4.78 is 5.01. The Morgan fingerprint density at radius 2 is 1.63 bits per heavy atom. The lowest BCUT2D eigenvalue weighted by Crippen LogP contribution is -2.46. The van der Waals surface area contributed by atoms with E-state index in [2.05, 4.69) is 5.32 Å². The van der Waals surface area contributed by atoms with Gasteiger partial charge in [-0.1, -0.05) is 67.4 Å². The standard InChI is InChI=1S/C13H9ClO.C10H20N2O3/c14-12-8-4-7-11(9-12)13(15)10-5-2-1-3-6-10;1-5-6-7(8(11)13)12-9(14)15-10(2,3)4/h1-9H;7H,5-6H2,1-4H3,(H2,11,13)(H,12,14)/t;7-/m.0/s1. The topological polar surface area (TPSA) is 98.5 Å². The molecule has 0 aliphatic rings. The monoisotopic (exact) mass is 432 g/mol. The number of primary amides is 1. The van der Waals surface area contributed by atoms with Gasteiger partial charge in [0.05, 0.1) is 0 Å². The van der Waals surface area contributed by atoms with Crippen molar-refractivity contribution in [3.8, 4) is 0 Å². The minimum absolute atomic E-state index is 0.00176. The predicted octanol–water partition coefficient (Wildman–Crippen LogP) is 4.74. The van der Waals surface area contributed by atoms with Gasteiger partial charge in [-0.05, 0) is 39.3 Å². The van der Waals surface area contributed by atoms with Gasteiger partial charge in [0.1, 0.15) is 11.6 Å². The van der Waals surface area contributed by atoms with Crippen molar-refractivity contribution in [2.75, 3.05) is 0 Å². The van der Waals surface area contributed by atoms with Crippen molar-refractivity contribution in [2.45, 2.75) is 52.2 Å². The number of ether oxygens (including phenoxy) is 1. The normalized spacial score (nSPS) is 11.5. The van der Waals surface area contributed by atoms with Crippen LogP contribution >= 0.6 is 11.6 Å². The van der Waals surface area contributed by atoms with Crippen LogP contribution in [0.2, 0.25) is 5.02 Å². The molecule has 2 aromatic rings. The average Bonchev–Trinajstić information content (AvgIpc) is 2.67. The lowest BCUT2D eigenvalue weighted by Gasteiger charge is -2.22. The van der Waals surface area contributed by atoms with E-state index in [1.54, 1.807) is 57.2 Å². The van der Waals surface area contributed by atoms with Gasteiger partial charge >= 0.3 is 6.09 Å². The summed E-state index contributed by atoms with van der Waals surface area (Å²) in [6.07, 6.45) is 0.678. The molecule has 1 atom stereocenters. The number of hydrogen-bond donors (Lipinski definition) is 2. The van der Waals surface area contributed by atoms with Crippen LogP contribution in [-0.4, -0.2) is 29.4 Å². The van der Waals surface area contributed by atoms with Gasteiger partial charge in [-0.2, -0.15) is 0 Å². The van der Waals surface area contributed by atoms with Crippen molar-refractivity contribution in [3.63, 3.8) is 0 Å². The molecular weight excluding hydrogens is 404 g/mol. The molecule has 0 saturated heterocycles. The van der Waals surface area contributed by atoms with Gasteiger partial charge in [-0.3, -0.25) is 9.59 Å². The minimum Gasteiger partial charge on any atom is -0.444 e. The fraction of sp³-hybridized carbons (Fsp3) is 0.348. The van der Waals surface area contributed by atoms with E-state index in [0.717, 1.165) is 6.42 Å². The molecule has 3 N–H and O–H groups in total. The van der Waals surface area contributed by atoms with E-state index in [1.807, 2.05) is 25.1 Å². The van der Waals surface area contributed by atoms with Crippen LogP contribution in [0.3, 0.4) is 0 Å². The summed E-state index contributed by atoms with van der Waals surface area (Å²) in [6, 6.07) is 15.5. The number of benzene rings is 2. The second-order valence-corrected chi connectivity index (χ2v) is 8.03. The largest absolute Gasteiger partial charge is 0.444 e. The van der Waals surface area contributed by atoms with Gasteiger partial charge < -0.3 is 15.8 Å². The highest BCUT2D eigenvalue weighted by molar-refractivity contribution is 6.31. The maximum absolute atomic E-state index is 11.9. The van der Waals surface area contributed by atoms with E-state index in [-0.39, 0.29) is 5.78 Å². The van der Waals surface area contributed by atoms with E-state index in [0.29, 0.717) is 22.6 Å². The van der Waals surface area contributed by atoms with Gasteiger partial charge in [0, 0.05) is 16.1 Å². The number of halogens is 1.